The molecule has 3 N–H and O–H groups in total. The summed E-state index contributed by atoms with van der Waals surface area (Å²) in [5, 5.41) is 10.3. The molecule has 0 aliphatic carbocycles. The number of ether oxygens (including phenoxy) is 2. The smallest absolute Gasteiger partial charge is 0.258 e. The lowest BCUT2D eigenvalue weighted by Crippen LogP contribution is -2.12. The molecule has 32 heavy (non-hydrogen) atoms. The summed E-state index contributed by atoms with van der Waals surface area (Å²) in [4.78, 5) is 13.0. The molecule has 0 spiro atoms. The third-order valence-corrected chi connectivity index (χ3v) is 5.67. The summed E-state index contributed by atoms with van der Waals surface area (Å²) in [6.07, 6.45) is 0. The van der Waals surface area contributed by atoms with Crippen molar-refractivity contribution >= 4 is 40.2 Å². The quantitative estimate of drug-likeness (QED) is 0.458. The standard InChI is InChI=1S/C25H22ClN3O3/c1-2-27-13-15-3-7-18(8-4-15)28-24(16-5-10-21-22(11-16)32-14-31-21)23-19-9-6-17(26)12-20(19)29-25(23)30/h3-12,27-28H,2,13-14H2,1H3,(H,29,30)/b24-23-. The molecule has 6 nitrogen and oxygen atoms in total. The van der Waals surface area contributed by atoms with Gasteiger partial charge in [-0.25, -0.2) is 0 Å². The summed E-state index contributed by atoms with van der Waals surface area (Å²) in [6, 6.07) is 19.2. The molecular formula is C25H22ClN3O3. The van der Waals surface area contributed by atoms with Crippen molar-refractivity contribution in [3.63, 3.8) is 0 Å². The molecule has 1 amide bonds. The topological polar surface area (TPSA) is 71.6 Å². The molecular weight excluding hydrogens is 426 g/mol. The van der Waals surface area contributed by atoms with Gasteiger partial charge >= 0.3 is 0 Å². The molecule has 0 saturated heterocycles. The predicted molar refractivity (Wildman–Crippen MR) is 127 cm³/mol. The highest BCUT2D eigenvalue weighted by atomic mass is 35.5. The number of anilines is 2. The number of nitrogens with one attached hydrogen (secondary N) is 3. The van der Waals surface area contributed by atoms with Crippen molar-refractivity contribution in [2.24, 2.45) is 0 Å². The van der Waals surface area contributed by atoms with E-state index in [9.17, 15) is 4.79 Å². The van der Waals surface area contributed by atoms with Crippen LogP contribution in [-0.4, -0.2) is 19.2 Å². The molecule has 0 fully saturated rings. The average Bonchev–Trinajstić information content (AvgIpc) is 3.39. The summed E-state index contributed by atoms with van der Waals surface area (Å²) in [7, 11) is 0. The molecule has 7 heteroatoms. The Labute approximate surface area is 191 Å². The van der Waals surface area contributed by atoms with Gasteiger partial charge in [0.2, 0.25) is 6.79 Å². The van der Waals surface area contributed by atoms with E-state index in [0.29, 0.717) is 33.5 Å². The van der Waals surface area contributed by atoms with Gasteiger partial charge in [-0.15, -0.1) is 0 Å². The summed E-state index contributed by atoms with van der Waals surface area (Å²) < 4.78 is 11.0. The van der Waals surface area contributed by atoms with E-state index in [1.165, 1.54) is 5.56 Å². The first-order valence-corrected chi connectivity index (χ1v) is 10.8. The number of carbonyl (C=O) groups excluding carboxylic acids is 1. The fraction of sp³-hybridized carbons (Fsp3) is 0.160. The lowest BCUT2D eigenvalue weighted by atomic mass is 9.99. The summed E-state index contributed by atoms with van der Waals surface area (Å²) in [5.41, 5.74) is 5.60. The molecule has 2 aliphatic heterocycles. The number of hydrogen-bond acceptors (Lipinski definition) is 5. The second-order valence-electron chi connectivity index (χ2n) is 7.56. The van der Waals surface area contributed by atoms with Crippen molar-refractivity contribution in [2.45, 2.75) is 13.5 Å². The van der Waals surface area contributed by atoms with Gasteiger partial charge in [-0.3, -0.25) is 4.79 Å². The maximum Gasteiger partial charge on any atom is 0.258 e. The van der Waals surface area contributed by atoms with E-state index in [4.69, 9.17) is 21.1 Å². The molecule has 0 bridgehead atoms. The van der Waals surface area contributed by atoms with Crippen molar-refractivity contribution in [1.82, 2.24) is 5.32 Å². The van der Waals surface area contributed by atoms with E-state index in [-0.39, 0.29) is 12.7 Å². The first-order chi connectivity index (χ1) is 15.6. The predicted octanol–water partition coefficient (Wildman–Crippen LogP) is 5.11. The number of amides is 1. The molecule has 5 rings (SSSR count). The van der Waals surface area contributed by atoms with Crippen molar-refractivity contribution in [3.8, 4) is 11.5 Å². The number of hydrogen-bond donors (Lipinski definition) is 3. The molecule has 162 valence electrons. The molecule has 0 atom stereocenters. The van der Waals surface area contributed by atoms with Crippen LogP contribution in [0.25, 0.3) is 11.3 Å². The molecule has 0 aromatic heterocycles. The van der Waals surface area contributed by atoms with E-state index < -0.39 is 0 Å². The molecule has 3 aromatic rings. The number of rotatable bonds is 6. The Morgan fingerprint density at radius 1 is 1.03 bits per heavy atom. The van der Waals surface area contributed by atoms with Crippen molar-refractivity contribution < 1.29 is 14.3 Å². The molecule has 0 saturated carbocycles. The Morgan fingerprint density at radius 3 is 2.66 bits per heavy atom. The van der Waals surface area contributed by atoms with Crippen LogP contribution in [0.15, 0.2) is 60.7 Å². The highest BCUT2D eigenvalue weighted by Crippen LogP contribution is 2.41. The van der Waals surface area contributed by atoms with Gasteiger partial charge in [0.1, 0.15) is 0 Å². The van der Waals surface area contributed by atoms with Crippen LogP contribution in [0.1, 0.15) is 23.6 Å². The number of fused-ring (bicyclic) bond motifs is 2. The maximum atomic E-state index is 13.0. The lowest BCUT2D eigenvalue weighted by molar-refractivity contribution is -0.110. The fourth-order valence-electron chi connectivity index (χ4n) is 3.84. The van der Waals surface area contributed by atoms with Crippen LogP contribution in [0.2, 0.25) is 5.02 Å². The van der Waals surface area contributed by atoms with Gasteiger partial charge in [0, 0.05) is 28.4 Å². The monoisotopic (exact) mass is 447 g/mol. The maximum absolute atomic E-state index is 13.0. The number of halogens is 1. The summed E-state index contributed by atoms with van der Waals surface area (Å²) >= 11 is 6.14. The second-order valence-corrected chi connectivity index (χ2v) is 8.00. The first kappa shape index (κ1) is 20.4. The van der Waals surface area contributed by atoms with Crippen LogP contribution >= 0.6 is 11.6 Å². The highest BCUT2D eigenvalue weighted by Gasteiger charge is 2.29. The highest BCUT2D eigenvalue weighted by molar-refractivity contribution is 6.38. The zero-order chi connectivity index (χ0) is 22.1. The van der Waals surface area contributed by atoms with Crippen LogP contribution in [-0.2, 0) is 11.3 Å². The summed E-state index contributed by atoms with van der Waals surface area (Å²) in [5.74, 6) is 1.15. The van der Waals surface area contributed by atoms with Crippen molar-refractivity contribution in [3.05, 3.63) is 82.4 Å². The fourth-order valence-corrected chi connectivity index (χ4v) is 4.02. The van der Waals surface area contributed by atoms with E-state index in [2.05, 4.69) is 35.0 Å². The third-order valence-electron chi connectivity index (χ3n) is 5.44. The summed E-state index contributed by atoms with van der Waals surface area (Å²) in [6.45, 7) is 3.99. The molecule has 0 radical (unpaired) electrons. The Bertz CT molecular complexity index is 1220. The van der Waals surface area contributed by atoms with E-state index in [1.54, 1.807) is 12.1 Å². The minimum Gasteiger partial charge on any atom is -0.454 e. The largest absolute Gasteiger partial charge is 0.454 e. The first-order valence-electron chi connectivity index (χ1n) is 10.4. The van der Waals surface area contributed by atoms with Crippen molar-refractivity contribution in [1.29, 1.82) is 0 Å². The Morgan fingerprint density at radius 2 is 1.84 bits per heavy atom. The van der Waals surface area contributed by atoms with Crippen LogP contribution < -0.4 is 25.4 Å². The van der Waals surface area contributed by atoms with Gasteiger partial charge in [0.15, 0.2) is 11.5 Å². The van der Waals surface area contributed by atoms with Crippen LogP contribution in [0, 0.1) is 0 Å². The average molecular weight is 448 g/mol. The van der Waals surface area contributed by atoms with E-state index in [0.717, 1.165) is 29.9 Å². The van der Waals surface area contributed by atoms with Crippen molar-refractivity contribution in [2.75, 3.05) is 24.0 Å². The molecule has 3 aromatic carbocycles. The minimum atomic E-state index is -0.189. The number of carbonyl (C=O) groups is 1. The second kappa shape index (κ2) is 8.57. The van der Waals surface area contributed by atoms with Gasteiger partial charge in [0.05, 0.1) is 17.0 Å². The van der Waals surface area contributed by atoms with E-state index in [1.807, 2.05) is 36.4 Å². The SMILES string of the molecule is CCNCc1ccc(N/C(=C2\C(=O)Nc3cc(Cl)ccc32)c2ccc3c(c2)OCO3)cc1. The molecule has 2 heterocycles. The molecule has 0 unspecified atom stereocenters. The van der Waals surface area contributed by atoms with Gasteiger partial charge in [-0.2, -0.15) is 0 Å². The van der Waals surface area contributed by atoms with Crippen LogP contribution in [0.5, 0.6) is 11.5 Å². The van der Waals surface area contributed by atoms with Gasteiger partial charge < -0.3 is 25.4 Å². The Kier molecular flexibility index (Phi) is 5.47. The van der Waals surface area contributed by atoms with Gasteiger partial charge in [-0.05, 0) is 54.6 Å². The van der Waals surface area contributed by atoms with Gasteiger partial charge in [0.25, 0.3) is 5.91 Å². The normalized spacial score (nSPS) is 15.4. The number of benzene rings is 3. The molecule has 2 aliphatic rings. The zero-order valence-corrected chi connectivity index (χ0v) is 18.3. The lowest BCUT2D eigenvalue weighted by Gasteiger charge is -2.16. The van der Waals surface area contributed by atoms with E-state index >= 15 is 0 Å². The Hall–Kier alpha value is -3.48. The Balaban J connectivity index is 1.59. The zero-order valence-electron chi connectivity index (χ0n) is 17.5. The van der Waals surface area contributed by atoms with Crippen LogP contribution in [0.3, 0.4) is 0 Å². The third kappa shape index (κ3) is 3.90. The minimum absolute atomic E-state index is 0.188. The van der Waals surface area contributed by atoms with Crippen LogP contribution in [0.4, 0.5) is 11.4 Å². The van der Waals surface area contributed by atoms with Gasteiger partial charge in [-0.1, -0.05) is 36.7 Å².